The summed E-state index contributed by atoms with van der Waals surface area (Å²) in [5.41, 5.74) is -0.444. The van der Waals surface area contributed by atoms with Crippen molar-refractivity contribution in [2.45, 2.75) is 38.6 Å². The molecule has 1 aliphatic heterocycles. The first-order valence-corrected chi connectivity index (χ1v) is 8.84. The molecule has 2 rings (SSSR count). The second-order valence-corrected chi connectivity index (χ2v) is 8.61. The fourth-order valence-corrected chi connectivity index (χ4v) is 4.67. The number of rotatable bonds is 3. The van der Waals surface area contributed by atoms with Gasteiger partial charge in [-0.3, -0.25) is 0 Å². The molecule has 0 saturated carbocycles. The molecule has 1 saturated heterocycles. The molecule has 19 heavy (non-hydrogen) atoms. The maximum absolute atomic E-state index is 11.6. The highest BCUT2D eigenvalue weighted by atomic mass is 79.9. The second kappa shape index (κ2) is 5.01. The molecule has 2 heterocycles. The first-order chi connectivity index (χ1) is 8.69. The van der Waals surface area contributed by atoms with Gasteiger partial charge in [0.2, 0.25) is 0 Å². The van der Waals surface area contributed by atoms with Gasteiger partial charge in [-0.05, 0) is 29.3 Å². The summed E-state index contributed by atoms with van der Waals surface area (Å²) in [5.74, 6) is 2.02. The highest BCUT2D eigenvalue weighted by Crippen LogP contribution is 2.28. The van der Waals surface area contributed by atoms with Gasteiger partial charge in [0.05, 0.1) is 17.0 Å². The number of aromatic nitrogens is 2. The van der Waals surface area contributed by atoms with Gasteiger partial charge >= 0.3 is 0 Å². The smallest absolute Gasteiger partial charge is 0.152 e. The Morgan fingerprint density at radius 1 is 1.42 bits per heavy atom. The average Bonchev–Trinajstić information content (AvgIpc) is 2.51. The summed E-state index contributed by atoms with van der Waals surface area (Å²) in [6, 6.07) is 1.78. The lowest BCUT2D eigenvalue weighted by molar-refractivity contribution is 0.570. The highest BCUT2D eigenvalue weighted by molar-refractivity contribution is 9.10. The molecule has 1 aromatic heterocycles. The molecular formula is C12H18BrN3O2S. The molecular weight excluding hydrogens is 330 g/mol. The van der Waals surface area contributed by atoms with Crippen molar-refractivity contribution in [2.24, 2.45) is 0 Å². The van der Waals surface area contributed by atoms with Crippen LogP contribution in [0.15, 0.2) is 10.7 Å². The van der Waals surface area contributed by atoms with Crippen LogP contribution in [0, 0.1) is 0 Å². The number of sulfone groups is 1. The summed E-state index contributed by atoms with van der Waals surface area (Å²) >= 11 is 3.36. The van der Waals surface area contributed by atoms with Crippen LogP contribution in [-0.4, -0.2) is 35.4 Å². The van der Waals surface area contributed by atoms with Gasteiger partial charge in [-0.25, -0.2) is 18.4 Å². The SMILES string of the molecule is CC(C)c1nc(Br)cc(NC2(C)CCS(=O)(=O)C2)n1. The van der Waals surface area contributed by atoms with Crippen LogP contribution in [0.25, 0.3) is 0 Å². The molecule has 1 unspecified atom stereocenters. The van der Waals surface area contributed by atoms with E-state index < -0.39 is 15.4 Å². The highest BCUT2D eigenvalue weighted by Gasteiger charge is 2.38. The van der Waals surface area contributed by atoms with E-state index >= 15 is 0 Å². The summed E-state index contributed by atoms with van der Waals surface area (Å²) in [5, 5.41) is 3.25. The van der Waals surface area contributed by atoms with E-state index in [4.69, 9.17) is 0 Å². The molecule has 5 nitrogen and oxygen atoms in total. The third-order valence-electron chi connectivity index (χ3n) is 3.16. The maximum atomic E-state index is 11.6. The first kappa shape index (κ1) is 14.7. The van der Waals surface area contributed by atoms with Gasteiger partial charge < -0.3 is 5.32 Å². The number of halogens is 1. The summed E-state index contributed by atoms with van der Waals surface area (Å²) in [4.78, 5) is 8.75. The van der Waals surface area contributed by atoms with E-state index in [-0.39, 0.29) is 17.4 Å². The Hall–Kier alpha value is -0.690. The zero-order valence-electron chi connectivity index (χ0n) is 11.3. The van der Waals surface area contributed by atoms with Crippen LogP contribution in [-0.2, 0) is 9.84 Å². The molecule has 1 aromatic rings. The van der Waals surface area contributed by atoms with Crippen molar-refractivity contribution in [2.75, 3.05) is 16.8 Å². The van der Waals surface area contributed by atoms with E-state index in [1.54, 1.807) is 6.07 Å². The Balaban J connectivity index is 2.24. The zero-order chi connectivity index (χ0) is 14.3. The lowest BCUT2D eigenvalue weighted by atomic mass is 10.0. The van der Waals surface area contributed by atoms with E-state index in [0.717, 1.165) is 5.82 Å². The fourth-order valence-electron chi connectivity index (χ4n) is 2.18. The fraction of sp³-hybridized carbons (Fsp3) is 0.667. The number of hydrogen-bond acceptors (Lipinski definition) is 5. The van der Waals surface area contributed by atoms with Gasteiger partial charge in [-0.15, -0.1) is 0 Å². The molecule has 1 aliphatic rings. The predicted octanol–water partition coefficient (Wildman–Crippen LogP) is 2.35. The Labute approximate surface area is 122 Å². The second-order valence-electron chi connectivity index (χ2n) is 5.62. The Morgan fingerprint density at radius 3 is 2.63 bits per heavy atom. The quantitative estimate of drug-likeness (QED) is 0.849. The van der Waals surface area contributed by atoms with Crippen molar-refractivity contribution in [3.63, 3.8) is 0 Å². The van der Waals surface area contributed by atoms with Gasteiger partial charge in [-0.2, -0.15) is 0 Å². The van der Waals surface area contributed by atoms with Crippen LogP contribution >= 0.6 is 15.9 Å². The largest absolute Gasteiger partial charge is 0.364 e. The minimum Gasteiger partial charge on any atom is -0.364 e. The minimum atomic E-state index is -2.93. The van der Waals surface area contributed by atoms with E-state index in [0.29, 0.717) is 16.8 Å². The van der Waals surface area contributed by atoms with Crippen molar-refractivity contribution in [1.82, 2.24) is 9.97 Å². The van der Waals surface area contributed by atoms with Crippen LogP contribution in [0.3, 0.4) is 0 Å². The molecule has 1 atom stereocenters. The van der Waals surface area contributed by atoms with Crippen LogP contribution in [0.2, 0.25) is 0 Å². The van der Waals surface area contributed by atoms with E-state index in [1.165, 1.54) is 0 Å². The van der Waals surface area contributed by atoms with Crippen LogP contribution < -0.4 is 5.32 Å². The number of nitrogens with one attached hydrogen (secondary N) is 1. The van der Waals surface area contributed by atoms with Crippen molar-refractivity contribution < 1.29 is 8.42 Å². The summed E-state index contributed by atoms with van der Waals surface area (Å²) < 4.78 is 23.9. The van der Waals surface area contributed by atoms with E-state index in [9.17, 15) is 8.42 Å². The average molecular weight is 348 g/mol. The van der Waals surface area contributed by atoms with Crippen LogP contribution in [0.4, 0.5) is 5.82 Å². The van der Waals surface area contributed by atoms with E-state index in [2.05, 4.69) is 31.2 Å². The van der Waals surface area contributed by atoms with E-state index in [1.807, 2.05) is 20.8 Å². The topological polar surface area (TPSA) is 72.0 Å². The van der Waals surface area contributed by atoms with Crippen LogP contribution in [0.5, 0.6) is 0 Å². The maximum Gasteiger partial charge on any atom is 0.152 e. The number of hydrogen-bond donors (Lipinski definition) is 1. The van der Waals surface area contributed by atoms with Crippen LogP contribution in [0.1, 0.15) is 38.9 Å². The molecule has 1 N–H and O–H groups in total. The standard InChI is InChI=1S/C12H18BrN3O2S/c1-8(2)11-14-9(13)6-10(15-11)16-12(3)4-5-19(17,18)7-12/h6,8H,4-5,7H2,1-3H3,(H,14,15,16). The van der Waals surface area contributed by atoms with Crippen molar-refractivity contribution in [3.05, 3.63) is 16.5 Å². The summed E-state index contributed by atoms with van der Waals surface area (Å²) in [6.45, 7) is 5.96. The first-order valence-electron chi connectivity index (χ1n) is 6.22. The number of anilines is 1. The number of nitrogens with zero attached hydrogens (tertiary/aromatic N) is 2. The molecule has 7 heteroatoms. The molecule has 0 radical (unpaired) electrons. The summed E-state index contributed by atoms with van der Waals surface area (Å²) in [6.07, 6.45) is 0.605. The molecule has 0 amide bonds. The van der Waals surface area contributed by atoms with Gasteiger partial charge in [0.15, 0.2) is 9.84 Å². The van der Waals surface area contributed by atoms with Crippen molar-refractivity contribution >= 4 is 31.6 Å². The molecule has 0 spiro atoms. The zero-order valence-corrected chi connectivity index (χ0v) is 13.7. The third kappa shape index (κ3) is 3.66. The lowest BCUT2D eigenvalue weighted by Crippen LogP contribution is -2.36. The predicted molar refractivity (Wildman–Crippen MR) is 79.1 cm³/mol. The molecule has 1 fully saturated rings. The molecule has 0 aromatic carbocycles. The van der Waals surface area contributed by atoms with Crippen molar-refractivity contribution in [3.8, 4) is 0 Å². The minimum absolute atomic E-state index is 0.151. The van der Waals surface area contributed by atoms with Gasteiger partial charge in [0.25, 0.3) is 0 Å². The van der Waals surface area contributed by atoms with Crippen molar-refractivity contribution in [1.29, 1.82) is 0 Å². The molecule has 106 valence electrons. The Morgan fingerprint density at radius 2 is 2.11 bits per heavy atom. The van der Waals surface area contributed by atoms with Gasteiger partial charge in [0.1, 0.15) is 16.2 Å². The summed E-state index contributed by atoms with van der Waals surface area (Å²) in [7, 11) is -2.93. The van der Waals surface area contributed by atoms with Gasteiger partial charge in [0, 0.05) is 12.0 Å². The molecule has 0 bridgehead atoms. The Bertz CT molecular complexity index is 589. The normalized spacial score (nSPS) is 25.7. The lowest BCUT2D eigenvalue weighted by Gasteiger charge is -2.25. The monoisotopic (exact) mass is 347 g/mol. The third-order valence-corrected chi connectivity index (χ3v) is 5.47. The molecule has 0 aliphatic carbocycles. The van der Waals surface area contributed by atoms with Gasteiger partial charge in [-0.1, -0.05) is 13.8 Å². The Kier molecular flexibility index (Phi) is 3.88.